The highest BCUT2D eigenvalue weighted by Crippen LogP contribution is 2.19. The van der Waals surface area contributed by atoms with Crippen LogP contribution in [0.4, 0.5) is 5.69 Å². The number of benzene rings is 1. The fourth-order valence-electron chi connectivity index (χ4n) is 7.34. The standard InChI is InChI=1S/C50H84N2O10S/c1-3-5-7-9-11-13-15-17-19-21-23-25-27-33-47(56)61-39-41(62-48(57)34-28-26-24-22-20-18-16-14-12-10-8-6-4-2)40-63-38-37-45(53)51-43-32-30-29-31-42(43)49(58)52-44(50(59)60)35-36-46(54)55/h29-32,41,44H,3-28,33-40H2,1-2H3,(H,51,53)(H,52,58)(H,54,55)(H,59,60)/t41?,44-/m0/s1. The van der Waals surface area contributed by atoms with Gasteiger partial charge in [-0.1, -0.05) is 180 Å². The van der Waals surface area contributed by atoms with Crippen molar-refractivity contribution in [2.24, 2.45) is 0 Å². The lowest BCUT2D eigenvalue weighted by Gasteiger charge is -2.18. The van der Waals surface area contributed by atoms with Crippen LogP contribution in [0.3, 0.4) is 0 Å². The predicted octanol–water partition coefficient (Wildman–Crippen LogP) is 12.2. The van der Waals surface area contributed by atoms with Gasteiger partial charge in [0.15, 0.2) is 0 Å². The molecule has 1 rings (SSSR count). The number of rotatable bonds is 43. The summed E-state index contributed by atoms with van der Waals surface area (Å²) < 4.78 is 11.4. The number of carbonyl (C=O) groups excluding carboxylic acids is 4. The first-order valence-corrected chi connectivity index (χ1v) is 25.8. The van der Waals surface area contributed by atoms with Crippen LogP contribution in [-0.4, -0.2) is 76.2 Å². The highest BCUT2D eigenvalue weighted by Gasteiger charge is 2.23. The quantitative estimate of drug-likeness (QED) is 0.0361. The minimum Gasteiger partial charge on any atom is -0.481 e. The van der Waals surface area contributed by atoms with Crippen LogP contribution < -0.4 is 10.6 Å². The summed E-state index contributed by atoms with van der Waals surface area (Å²) in [4.78, 5) is 74.0. The van der Waals surface area contributed by atoms with E-state index in [0.29, 0.717) is 24.3 Å². The Labute approximate surface area is 383 Å². The van der Waals surface area contributed by atoms with Gasteiger partial charge in [-0.05, 0) is 31.4 Å². The first-order valence-electron chi connectivity index (χ1n) is 24.6. The van der Waals surface area contributed by atoms with Gasteiger partial charge in [0.2, 0.25) is 5.91 Å². The Morgan fingerprint density at radius 2 is 1.05 bits per heavy atom. The molecule has 2 amide bonds. The summed E-state index contributed by atoms with van der Waals surface area (Å²) in [6.45, 7) is 4.44. The van der Waals surface area contributed by atoms with Crippen LogP contribution >= 0.6 is 11.8 Å². The number of carboxylic acids is 2. The number of carbonyl (C=O) groups is 6. The van der Waals surface area contributed by atoms with E-state index in [1.807, 2.05) is 0 Å². The fraction of sp³-hybridized carbons (Fsp3) is 0.760. The maximum Gasteiger partial charge on any atom is 0.326 e. The fourth-order valence-corrected chi connectivity index (χ4v) is 8.26. The lowest BCUT2D eigenvalue weighted by atomic mass is 10.0. The molecule has 1 aromatic rings. The Morgan fingerprint density at radius 3 is 1.52 bits per heavy atom. The Kier molecular flexibility index (Phi) is 36.4. The van der Waals surface area contributed by atoms with Gasteiger partial charge in [-0.15, -0.1) is 0 Å². The maximum absolute atomic E-state index is 12.9. The zero-order chi connectivity index (χ0) is 46.2. The van der Waals surface area contributed by atoms with Crippen LogP contribution in [0.1, 0.15) is 223 Å². The predicted molar refractivity (Wildman–Crippen MR) is 254 cm³/mol. The van der Waals surface area contributed by atoms with E-state index in [4.69, 9.17) is 14.6 Å². The average molecular weight is 905 g/mol. The number of aliphatic carboxylic acids is 2. The molecule has 360 valence electrons. The number of hydrogen-bond donors (Lipinski definition) is 4. The third-order valence-corrected chi connectivity index (χ3v) is 12.3. The molecule has 63 heavy (non-hydrogen) atoms. The summed E-state index contributed by atoms with van der Waals surface area (Å²) in [5.41, 5.74) is 0.221. The minimum atomic E-state index is -1.41. The van der Waals surface area contributed by atoms with Crippen molar-refractivity contribution in [2.75, 3.05) is 23.4 Å². The topological polar surface area (TPSA) is 185 Å². The molecule has 0 aliphatic heterocycles. The van der Waals surface area contributed by atoms with Crippen molar-refractivity contribution < 1.29 is 48.5 Å². The second-order valence-corrected chi connectivity index (χ2v) is 18.1. The number of carboxylic acid groups (broad SMARTS) is 2. The van der Waals surface area contributed by atoms with Crippen LogP contribution in [0.2, 0.25) is 0 Å². The number of anilines is 1. The van der Waals surface area contributed by atoms with Gasteiger partial charge in [-0.3, -0.25) is 24.0 Å². The van der Waals surface area contributed by atoms with Crippen LogP contribution in [0.25, 0.3) is 0 Å². The Hall–Kier alpha value is -3.61. The number of amides is 2. The summed E-state index contributed by atoms with van der Waals surface area (Å²) in [5, 5.41) is 23.4. The van der Waals surface area contributed by atoms with Gasteiger partial charge >= 0.3 is 23.9 Å². The number of hydrogen-bond acceptors (Lipinski definition) is 9. The van der Waals surface area contributed by atoms with Crippen molar-refractivity contribution in [1.29, 1.82) is 0 Å². The Morgan fingerprint density at radius 1 is 0.587 bits per heavy atom. The number of nitrogens with one attached hydrogen (secondary N) is 2. The molecule has 1 aromatic carbocycles. The molecule has 12 nitrogen and oxygen atoms in total. The second-order valence-electron chi connectivity index (χ2n) is 17.0. The van der Waals surface area contributed by atoms with E-state index < -0.39 is 36.4 Å². The molecule has 0 bridgehead atoms. The first-order chi connectivity index (χ1) is 30.6. The molecule has 0 saturated carbocycles. The van der Waals surface area contributed by atoms with E-state index in [1.54, 1.807) is 12.1 Å². The van der Waals surface area contributed by atoms with Crippen molar-refractivity contribution in [2.45, 2.75) is 225 Å². The van der Waals surface area contributed by atoms with Crippen molar-refractivity contribution in [3.8, 4) is 0 Å². The van der Waals surface area contributed by atoms with Gasteiger partial charge in [0.1, 0.15) is 18.8 Å². The van der Waals surface area contributed by atoms with Gasteiger partial charge < -0.3 is 30.3 Å². The molecule has 0 spiro atoms. The number of unbranched alkanes of at least 4 members (excludes halogenated alkanes) is 24. The van der Waals surface area contributed by atoms with Crippen molar-refractivity contribution in [3.63, 3.8) is 0 Å². The molecule has 0 radical (unpaired) electrons. The smallest absolute Gasteiger partial charge is 0.326 e. The SMILES string of the molecule is CCCCCCCCCCCCCCCC(=O)OCC(CSCCC(=O)Nc1ccccc1C(=O)N[C@@H](CCC(=O)O)C(=O)O)OC(=O)CCCCCCCCCCCCCCC. The average Bonchev–Trinajstić information content (AvgIpc) is 3.26. The molecule has 0 fully saturated rings. The molecule has 13 heteroatoms. The lowest BCUT2D eigenvalue weighted by Crippen LogP contribution is -2.41. The van der Waals surface area contributed by atoms with Crippen molar-refractivity contribution in [3.05, 3.63) is 29.8 Å². The number of thioether (sulfide) groups is 1. The van der Waals surface area contributed by atoms with Crippen LogP contribution in [0.15, 0.2) is 24.3 Å². The van der Waals surface area contributed by atoms with Crippen molar-refractivity contribution >= 4 is 53.1 Å². The molecule has 0 aliphatic rings. The van der Waals surface area contributed by atoms with Crippen LogP contribution in [0.5, 0.6) is 0 Å². The minimum absolute atomic E-state index is 0.0381. The first kappa shape index (κ1) is 57.4. The highest BCUT2D eigenvalue weighted by atomic mass is 32.2. The third-order valence-electron chi connectivity index (χ3n) is 11.2. The summed E-state index contributed by atoms with van der Waals surface area (Å²) in [5.74, 6) is -3.63. The molecule has 4 N–H and O–H groups in total. The van der Waals surface area contributed by atoms with Crippen LogP contribution in [-0.2, 0) is 33.4 Å². The number of para-hydroxylation sites is 1. The van der Waals surface area contributed by atoms with Crippen LogP contribution in [0, 0.1) is 0 Å². The van der Waals surface area contributed by atoms with Gasteiger partial charge in [0.05, 0.1) is 11.3 Å². The van der Waals surface area contributed by atoms with E-state index in [1.165, 1.54) is 152 Å². The third kappa shape index (κ3) is 33.6. The van der Waals surface area contributed by atoms with Gasteiger partial charge in [0, 0.05) is 37.2 Å². The molecule has 0 aliphatic carbocycles. The zero-order valence-electron chi connectivity index (χ0n) is 39.1. The number of ether oxygens (including phenoxy) is 2. The normalized spacial score (nSPS) is 12.0. The monoisotopic (exact) mass is 905 g/mol. The van der Waals surface area contributed by atoms with E-state index in [2.05, 4.69) is 24.5 Å². The molecule has 0 aromatic heterocycles. The molecule has 0 heterocycles. The molecule has 2 atom stereocenters. The van der Waals surface area contributed by atoms with E-state index in [-0.39, 0.29) is 48.5 Å². The largest absolute Gasteiger partial charge is 0.481 e. The van der Waals surface area contributed by atoms with E-state index >= 15 is 0 Å². The van der Waals surface area contributed by atoms with Gasteiger partial charge in [-0.25, -0.2) is 4.79 Å². The maximum atomic E-state index is 12.9. The number of esters is 2. The zero-order valence-corrected chi connectivity index (χ0v) is 39.9. The molecule has 0 saturated heterocycles. The van der Waals surface area contributed by atoms with Gasteiger partial charge in [0.25, 0.3) is 5.91 Å². The van der Waals surface area contributed by atoms with E-state index in [0.717, 1.165) is 38.5 Å². The second kappa shape index (κ2) is 39.9. The lowest BCUT2D eigenvalue weighted by molar-refractivity contribution is -0.157. The van der Waals surface area contributed by atoms with Crippen molar-refractivity contribution in [1.82, 2.24) is 5.32 Å². The summed E-state index contributed by atoms with van der Waals surface area (Å²) in [6.07, 6.45) is 30.9. The summed E-state index contributed by atoms with van der Waals surface area (Å²) >= 11 is 1.39. The molecule has 1 unspecified atom stereocenters. The summed E-state index contributed by atoms with van der Waals surface area (Å²) in [7, 11) is 0. The highest BCUT2D eigenvalue weighted by molar-refractivity contribution is 7.99. The molecular formula is C50H84N2O10S. The Bertz CT molecular complexity index is 1390. The Balaban J connectivity index is 2.55. The molecular weight excluding hydrogens is 821 g/mol. The van der Waals surface area contributed by atoms with Gasteiger partial charge in [-0.2, -0.15) is 11.8 Å². The summed E-state index contributed by atoms with van der Waals surface area (Å²) in [6, 6.07) is 4.74. The van der Waals surface area contributed by atoms with E-state index in [9.17, 15) is 33.9 Å².